The van der Waals surface area contributed by atoms with Crippen molar-refractivity contribution >= 4 is 22.9 Å². The number of H-pyrrole nitrogens is 1. The average molecular weight is 298 g/mol. The second kappa shape index (κ2) is 5.85. The minimum atomic E-state index is 0.827. The maximum Gasteiger partial charge on any atom is 0.140 e. The molecule has 0 radical (unpaired) electrons. The van der Waals surface area contributed by atoms with Crippen molar-refractivity contribution < 1.29 is 0 Å². The number of rotatable bonds is 3. The Bertz CT molecular complexity index is 938. The number of imidazole rings is 1. The van der Waals surface area contributed by atoms with E-state index in [4.69, 9.17) is 0 Å². The molecule has 2 aromatic carbocycles. The molecule has 0 unspecified atom stereocenters. The van der Waals surface area contributed by atoms with Gasteiger partial charge in [-0.2, -0.15) is 0 Å². The van der Waals surface area contributed by atoms with Crippen LogP contribution in [0.3, 0.4) is 0 Å². The number of hydrogen-bond donors (Lipinski definition) is 1. The van der Waals surface area contributed by atoms with E-state index in [9.17, 15) is 0 Å². The van der Waals surface area contributed by atoms with Crippen LogP contribution in [0.1, 0.15) is 5.56 Å². The van der Waals surface area contributed by atoms with Gasteiger partial charge in [0.05, 0.1) is 16.7 Å². The van der Waals surface area contributed by atoms with Crippen LogP contribution < -0.4 is 0 Å². The van der Waals surface area contributed by atoms with E-state index in [2.05, 4.69) is 19.9 Å². The molecule has 0 aliphatic rings. The van der Waals surface area contributed by atoms with Crippen LogP contribution in [-0.4, -0.2) is 21.2 Å². The number of nitrogens with one attached hydrogen (secondary N) is 1. The number of benzene rings is 2. The molecule has 110 valence electrons. The summed E-state index contributed by atoms with van der Waals surface area (Å²) in [7, 11) is 0. The lowest BCUT2D eigenvalue weighted by molar-refractivity contribution is 1.32. The van der Waals surface area contributed by atoms with E-state index < -0.39 is 0 Å². The van der Waals surface area contributed by atoms with Crippen molar-refractivity contribution in [1.29, 1.82) is 0 Å². The van der Waals surface area contributed by atoms with Crippen LogP contribution in [0.15, 0.2) is 78.0 Å². The molecule has 0 bridgehead atoms. The fourth-order valence-corrected chi connectivity index (χ4v) is 2.46. The third-order valence-corrected chi connectivity index (χ3v) is 3.61. The summed E-state index contributed by atoms with van der Waals surface area (Å²) in [6.07, 6.45) is 5.35. The predicted octanol–water partition coefficient (Wildman–Crippen LogP) is 4.38. The van der Waals surface area contributed by atoms with Crippen molar-refractivity contribution in [3.05, 3.63) is 78.6 Å². The zero-order valence-electron chi connectivity index (χ0n) is 12.3. The molecule has 4 heteroatoms. The van der Waals surface area contributed by atoms with E-state index in [1.807, 2.05) is 66.9 Å². The molecule has 4 rings (SSSR count). The fourth-order valence-electron chi connectivity index (χ4n) is 2.46. The van der Waals surface area contributed by atoms with Crippen molar-refractivity contribution in [3.63, 3.8) is 0 Å². The number of hydrogen-bond acceptors (Lipinski definition) is 3. The number of nitrogens with zero attached hydrogens (tertiary/aromatic N) is 3. The van der Waals surface area contributed by atoms with Gasteiger partial charge in [0.15, 0.2) is 0 Å². The van der Waals surface area contributed by atoms with Crippen LogP contribution in [0.5, 0.6) is 0 Å². The summed E-state index contributed by atoms with van der Waals surface area (Å²) < 4.78 is 0. The molecule has 23 heavy (non-hydrogen) atoms. The molecule has 2 aromatic heterocycles. The third-order valence-electron chi connectivity index (χ3n) is 3.61. The zero-order chi connectivity index (χ0) is 15.5. The molecular formula is C19H14N4. The van der Waals surface area contributed by atoms with E-state index >= 15 is 0 Å². The van der Waals surface area contributed by atoms with Gasteiger partial charge in [-0.25, -0.2) is 4.98 Å². The molecule has 4 nitrogen and oxygen atoms in total. The first kappa shape index (κ1) is 13.4. The van der Waals surface area contributed by atoms with Crippen LogP contribution in [-0.2, 0) is 0 Å². The highest BCUT2D eigenvalue weighted by atomic mass is 14.9. The Labute approximate surface area is 133 Å². The van der Waals surface area contributed by atoms with E-state index in [1.54, 1.807) is 12.4 Å². The van der Waals surface area contributed by atoms with E-state index in [0.29, 0.717) is 0 Å². The molecule has 4 aromatic rings. The Hall–Kier alpha value is -3.27. The van der Waals surface area contributed by atoms with Crippen molar-refractivity contribution in [1.82, 2.24) is 15.0 Å². The minimum absolute atomic E-state index is 0.827. The molecule has 0 saturated heterocycles. The average Bonchev–Trinajstić information content (AvgIpc) is 3.05. The van der Waals surface area contributed by atoms with Crippen LogP contribution in [0.2, 0.25) is 0 Å². The second-order valence-corrected chi connectivity index (χ2v) is 5.16. The fraction of sp³-hybridized carbons (Fsp3) is 0. The molecule has 0 aliphatic heterocycles. The van der Waals surface area contributed by atoms with Crippen LogP contribution in [0, 0.1) is 0 Å². The highest BCUT2D eigenvalue weighted by Gasteiger charge is 2.08. The lowest BCUT2D eigenvalue weighted by Crippen LogP contribution is -1.84. The number of para-hydroxylation sites is 3. The number of aromatic nitrogens is 3. The largest absolute Gasteiger partial charge is 0.338 e. The van der Waals surface area contributed by atoms with E-state index in [1.165, 1.54) is 0 Å². The second-order valence-electron chi connectivity index (χ2n) is 5.16. The molecule has 0 saturated carbocycles. The Morgan fingerprint density at radius 3 is 2.52 bits per heavy atom. The first-order valence-corrected chi connectivity index (χ1v) is 7.38. The Kier molecular flexibility index (Phi) is 3.41. The van der Waals surface area contributed by atoms with Gasteiger partial charge >= 0.3 is 0 Å². The number of aromatic amines is 1. The summed E-state index contributed by atoms with van der Waals surface area (Å²) in [4.78, 5) is 16.6. The third kappa shape index (κ3) is 2.74. The standard InChI is InChI=1S/C19H14N4/c1-2-6-16(21-13-14-9-11-20-12-10-14)15(5-1)19-22-17-7-3-4-8-18(17)23-19/h1-13H,(H,22,23). The lowest BCUT2D eigenvalue weighted by Gasteiger charge is -2.02. The molecule has 0 spiro atoms. The van der Waals surface area contributed by atoms with Crippen molar-refractivity contribution in [2.24, 2.45) is 4.99 Å². The Morgan fingerprint density at radius 2 is 1.65 bits per heavy atom. The molecule has 0 aliphatic carbocycles. The first-order valence-electron chi connectivity index (χ1n) is 7.38. The van der Waals surface area contributed by atoms with Gasteiger partial charge in [-0.3, -0.25) is 9.98 Å². The van der Waals surface area contributed by atoms with Crippen molar-refractivity contribution in [2.75, 3.05) is 0 Å². The molecule has 0 fully saturated rings. The smallest absolute Gasteiger partial charge is 0.140 e. The lowest BCUT2D eigenvalue weighted by atomic mass is 10.1. The summed E-state index contributed by atoms with van der Waals surface area (Å²) in [6.45, 7) is 0. The maximum atomic E-state index is 4.66. The highest BCUT2D eigenvalue weighted by molar-refractivity contribution is 5.86. The minimum Gasteiger partial charge on any atom is -0.338 e. The van der Waals surface area contributed by atoms with Gasteiger partial charge in [0.2, 0.25) is 0 Å². The number of pyridine rings is 1. The molecule has 1 N–H and O–H groups in total. The number of fused-ring (bicyclic) bond motifs is 1. The van der Waals surface area contributed by atoms with Gasteiger partial charge in [-0.05, 0) is 42.0 Å². The maximum absolute atomic E-state index is 4.66. The van der Waals surface area contributed by atoms with Gasteiger partial charge in [0.1, 0.15) is 5.82 Å². The Morgan fingerprint density at radius 1 is 0.870 bits per heavy atom. The van der Waals surface area contributed by atoms with Gasteiger partial charge in [-0.15, -0.1) is 0 Å². The van der Waals surface area contributed by atoms with E-state index in [-0.39, 0.29) is 0 Å². The van der Waals surface area contributed by atoms with Gasteiger partial charge in [0, 0.05) is 24.2 Å². The normalized spacial score (nSPS) is 11.3. The van der Waals surface area contributed by atoms with Gasteiger partial charge < -0.3 is 4.98 Å². The SMILES string of the molecule is C(=Nc1ccccc1-c1nc2ccccc2[nH]1)c1ccncc1. The summed E-state index contributed by atoms with van der Waals surface area (Å²) in [5, 5.41) is 0. The van der Waals surface area contributed by atoms with Gasteiger partial charge in [-0.1, -0.05) is 24.3 Å². The molecule has 0 amide bonds. The van der Waals surface area contributed by atoms with Crippen LogP contribution in [0.4, 0.5) is 5.69 Å². The monoisotopic (exact) mass is 298 g/mol. The van der Waals surface area contributed by atoms with Crippen molar-refractivity contribution in [2.45, 2.75) is 0 Å². The van der Waals surface area contributed by atoms with Crippen LogP contribution >= 0.6 is 0 Å². The number of aliphatic imine (C=N–C) groups is 1. The molecular weight excluding hydrogens is 284 g/mol. The predicted molar refractivity (Wildman–Crippen MR) is 93.0 cm³/mol. The summed E-state index contributed by atoms with van der Waals surface area (Å²) in [5.74, 6) is 0.827. The molecule has 2 heterocycles. The van der Waals surface area contributed by atoms with Crippen LogP contribution in [0.25, 0.3) is 22.4 Å². The van der Waals surface area contributed by atoms with E-state index in [0.717, 1.165) is 33.7 Å². The topological polar surface area (TPSA) is 53.9 Å². The highest BCUT2D eigenvalue weighted by Crippen LogP contribution is 2.29. The zero-order valence-corrected chi connectivity index (χ0v) is 12.3. The summed E-state index contributed by atoms with van der Waals surface area (Å²) >= 11 is 0. The quantitative estimate of drug-likeness (QED) is 0.571. The summed E-state index contributed by atoms with van der Waals surface area (Å²) in [5.41, 5.74) is 4.85. The van der Waals surface area contributed by atoms with Gasteiger partial charge in [0.25, 0.3) is 0 Å². The summed E-state index contributed by atoms with van der Waals surface area (Å²) in [6, 6.07) is 19.8. The first-order chi connectivity index (χ1) is 11.4. The molecule has 0 atom stereocenters. The Balaban J connectivity index is 1.76. The van der Waals surface area contributed by atoms with Crippen molar-refractivity contribution in [3.8, 4) is 11.4 Å².